The number of aliphatic imine (C=N–C) groups is 1. The summed E-state index contributed by atoms with van der Waals surface area (Å²) < 4.78 is 5.12. The van der Waals surface area contributed by atoms with Gasteiger partial charge in [0.15, 0.2) is 0 Å². The van der Waals surface area contributed by atoms with Crippen molar-refractivity contribution in [1.82, 2.24) is 9.80 Å². The third-order valence-electron chi connectivity index (χ3n) is 2.67. The van der Waals surface area contributed by atoms with Gasteiger partial charge in [0.05, 0.1) is 7.11 Å². The second-order valence-corrected chi connectivity index (χ2v) is 4.69. The maximum absolute atomic E-state index is 12.2. The molecule has 0 heterocycles. The van der Waals surface area contributed by atoms with Crippen molar-refractivity contribution < 1.29 is 9.53 Å². The molecule has 0 aromatic heterocycles. The number of benzene rings is 1. The van der Waals surface area contributed by atoms with Gasteiger partial charge in [-0.25, -0.2) is 0 Å². The van der Waals surface area contributed by atoms with Crippen LogP contribution in [0.5, 0.6) is 5.75 Å². The maximum Gasteiger partial charge on any atom is 0.280 e. The van der Waals surface area contributed by atoms with Gasteiger partial charge in [-0.2, -0.15) is 4.99 Å². The van der Waals surface area contributed by atoms with E-state index in [1.165, 1.54) is 0 Å². The summed E-state index contributed by atoms with van der Waals surface area (Å²) in [5.74, 6) is 1.09. The van der Waals surface area contributed by atoms with E-state index >= 15 is 0 Å². The van der Waals surface area contributed by atoms with E-state index in [4.69, 9.17) is 4.74 Å². The molecule has 0 aliphatic carbocycles. The summed E-state index contributed by atoms with van der Waals surface area (Å²) in [6, 6.07) is 5.33. The quantitative estimate of drug-likeness (QED) is 0.601. The second-order valence-electron chi connectivity index (χ2n) is 4.69. The molecule has 5 heteroatoms. The minimum atomic E-state index is -0.252. The molecule has 1 amide bonds. The van der Waals surface area contributed by atoms with E-state index in [1.54, 1.807) is 29.0 Å². The smallest absolute Gasteiger partial charge is 0.280 e. The first-order valence-corrected chi connectivity index (χ1v) is 5.99. The lowest BCUT2D eigenvalue weighted by Crippen LogP contribution is -2.36. The molecule has 0 atom stereocenters. The maximum atomic E-state index is 12.2. The lowest BCUT2D eigenvalue weighted by Gasteiger charge is -2.22. The highest BCUT2D eigenvalue weighted by atomic mass is 16.5. The van der Waals surface area contributed by atoms with Crippen molar-refractivity contribution >= 4 is 11.9 Å². The Morgan fingerprint density at radius 2 is 1.74 bits per heavy atom. The van der Waals surface area contributed by atoms with Crippen molar-refractivity contribution in [2.75, 3.05) is 35.3 Å². The molecule has 5 nitrogen and oxygen atoms in total. The van der Waals surface area contributed by atoms with Crippen LogP contribution in [0.25, 0.3) is 0 Å². The number of rotatable bonds is 2. The number of carbonyl (C=O) groups is 1. The zero-order chi connectivity index (χ0) is 14.6. The van der Waals surface area contributed by atoms with Gasteiger partial charge >= 0.3 is 0 Å². The van der Waals surface area contributed by atoms with Crippen LogP contribution < -0.4 is 4.74 Å². The molecule has 0 unspecified atom stereocenters. The molecule has 0 saturated heterocycles. The third kappa shape index (κ3) is 3.71. The Morgan fingerprint density at radius 1 is 1.16 bits per heavy atom. The van der Waals surface area contributed by atoms with E-state index in [-0.39, 0.29) is 5.91 Å². The van der Waals surface area contributed by atoms with Gasteiger partial charge < -0.3 is 14.5 Å². The van der Waals surface area contributed by atoms with Gasteiger partial charge in [0.1, 0.15) is 5.75 Å². The Balaban J connectivity index is 3.10. The first-order chi connectivity index (χ1) is 8.86. The molecule has 0 spiro atoms. The lowest BCUT2D eigenvalue weighted by atomic mass is 10.1. The first kappa shape index (κ1) is 15.0. The zero-order valence-corrected chi connectivity index (χ0v) is 12.4. The molecular weight excluding hydrogens is 242 g/mol. The van der Waals surface area contributed by atoms with Crippen molar-refractivity contribution in [2.24, 2.45) is 4.99 Å². The van der Waals surface area contributed by atoms with Gasteiger partial charge in [0.25, 0.3) is 5.91 Å². The summed E-state index contributed by atoms with van der Waals surface area (Å²) in [4.78, 5) is 20.0. The van der Waals surface area contributed by atoms with Crippen LogP contribution in [0, 0.1) is 6.92 Å². The van der Waals surface area contributed by atoms with Crippen molar-refractivity contribution in [3.05, 3.63) is 29.3 Å². The van der Waals surface area contributed by atoms with Crippen LogP contribution in [0.1, 0.15) is 15.9 Å². The Bertz CT molecular complexity index is 483. The molecule has 0 radical (unpaired) electrons. The second kappa shape index (κ2) is 6.22. The average molecular weight is 263 g/mol. The van der Waals surface area contributed by atoms with Crippen LogP contribution >= 0.6 is 0 Å². The van der Waals surface area contributed by atoms with E-state index in [9.17, 15) is 4.79 Å². The Hall–Kier alpha value is -2.04. The Labute approximate surface area is 114 Å². The van der Waals surface area contributed by atoms with E-state index in [0.717, 1.165) is 11.3 Å². The van der Waals surface area contributed by atoms with Crippen molar-refractivity contribution in [3.63, 3.8) is 0 Å². The molecule has 19 heavy (non-hydrogen) atoms. The van der Waals surface area contributed by atoms with E-state index in [1.807, 2.05) is 41.2 Å². The van der Waals surface area contributed by atoms with Gasteiger partial charge in [-0.1, -0.05) is 0 Å². The molecule has 0 saturated carbocycles. The number of amides is 1. The topological polar surface area (TPSA) is 45.1 Å². The summed E-state index contributed by atoms with van der Waals surface area (Å²) in [7, 11) is 9.02. The molecule has 0 fully saturated rings. The number of hydrogen-bond acceptors (Lipinski definition) is 2. The van der Waals surface area contributed by atoms with Gasteiger partial charge in [0.2, 0.25) is 5.96 Å². The van der Waals surface area contributed by atoms with E-state index < -0.39 is 0 Å². The minimum absolute atomic E-state index is 0.252. The Kier molecular flexibility index (Phi) is 4.92. The normalized spacial score (nSPS) is 9.79. The fraction of sp³-hybridized carbons (Fsp3) is 0.429. The SMILES string of the molecule is COc1ccc(C(=O)N=C(N(C)C)N(C)C)c(C)c1. The van der Waals surface area contributed by atoms with Gasteiger partial charge in [0, 0.05) is 33.8 Å². The summed E-state index contributed by atoms with van der Waals surface area (Å²) in [5, 5.41) is 0. The average Bonchev–Trinajstić information content (AvgIpc) is 2.34. The Morgan fingerprint density at radius 3 is 2.16 bits per heavy atom. The molecule has 104 valence electrons. The van der Waals surface area contributed by atoms with Crippen LogP contribution in [0.4, 0.5) is 0 Å². The van der Waals surface area contributed by atoms with Crippen LogP contribution in [-0.4, -0.2) is 57.0 Å². The summed E-state index contributed by atoms with van der Waals surface area (Å²) in [6.07, 6.45) is 0. The highest BCUT2D eigenvalue weighted by Gasteiger charge is 2.12. The zero-order valence-electron chi connectivity index (χ0n) is 12.4. The largest absolute Gasteiger partial charge is 0.497 e. The number of ether oxygens (including phenoxy) is 1. The molecule has 0 aliphatic heterocycles. The van der Waals surface area contributed by atoms with Crippen molar-refractivity contribution in [3.8, 4) is 5.75 Å². The molecule has 0 bridgehead atoms. The summed E-state index contributed by atoms with van der Waals surface area (Å²) >= 11 is 0. The van der Waals surface area contributed by atoms with Gasteiger partial charge in [-0.15, -0.1) is 0 Å². The van der Waals surface area contributed by atoms with Crippen LogP contribution in [-0.2, 0) is 0 Å². The summed E-state index contributed by atoms with van der Waals surface area (Å²) in [5.41, 5.74) is 1.44. The molecule has 1 rings (SSSR count). The number of methoxy groups -OCH3 is 1. The van der Waals surface area contributed by atoms with Gasteiger partial charge in [-0.3, -0.25) is 4.79 Å². The predicted octanol–water partition coefficient (Wildman–Crippen LogP) is 1.62. The van der Waals surface area contributed by atoms with Crippen LogP contribution in [0.3, 0.4) is 0 Å². The molecular formula is C14H21N3O2. The van der Waals surface area contributed by atoms with Crippen LogP contribution in [0.2, 0.25) is 0 Å². The number of aryl methyl sites for hydroxylation is 1. The number of hydrogen-bond donors (Lipinski definition) is 0. The third-order valence-corrected chi connectivity index (χ3v) is 2.67. The summed E-state index contributed by atoms with van der Waals surface area (Å²) in [6.45, 7) is 1.87. The number of nitrogens with zero attached hydrogens (tertiary/aromatic N) is 3. The van der Waals surface area contributed by atoms with Crippen molar-refractivity contribution in [2.45, 2.75) is 6.92 Å². The monoisotopic (exact) mass is 263 g/mol. The lowest BCUT2D eigenvalue weighted by molar-refractivity contribution is 0.0999. The fourth-order valence-electron chi connectivity index (χ4n) is 1.75. The van der Waals surface area contributed by atoms with Crippen LogP contribution in [0.15, 0.2) is 23.2 Å². The molecule has 1 aromatic carbocycles. The van der Waals surface area contributed by atoms with Gasteiger partial charge in [-0.05, 0) is 30.7 Å². The number of carbonyl (C=O) groups excluding carboxylic acids is 1. The fourth-order valence-corrected chi connectivity index (χ4v) is 1.75. The first-order valence-electron chi connectivity index (χ1n) is 5.99. The minimum Gasteiger partial charge on any atom is -0.497 e. The molecule has 0 N–H and O–H groups in total. The highest BCUT2D eigenvalue weighted by Crippen LogP contribution is 2.17. The molecule has 0 aliphatic rings. The predicted molar refractivity (Wildman–Crippen MR) is 76.9 cm³/mol. The highest BCUT2D eigenvalue weighted by molar-refractivity contribution is 6.03. The van der Waals surface area contributed by atoms with E-state index in [0.29, 0.717) is 11.5 Å². The molecule has 1 aromatic rings. The standard InChI is InChI=1S/C14H21N3O2/c1-10-9-11(19-6)7-8-12(10)13(18)15-14(16(2)3)17(4)5/h7-9H,1-6H3. The number of guanidine groups is 1. The van der Waals surface area contributed by atoms with Crippen molar-refractivity contribution in [1.29, 1.82) is 0 Å². The van der Waals surface area contributed by atoms with E-state index in [2.05, 4.69) is 4.99 Å².